The lowest BCUT2D eigenvalue weighted by atomic mass is 10.2. The molecular formula is C13H11ClFNO. The van der Waals surface area contributed by atoms with Gasteiger partial charge in [-0.1, -0.05) is 17.7 Å². The molecule has 1 heterocycles. The largest absolute Gasteiger partial charge is 0.311 e. The number of nitrogens with zero attached hydrogens (tertiary/aromatic N) is 1. The highest BCUT2D eigenvalue weighted by atomic mass is 35.5. The summed E-state index contributed by atoms with van der Waals surface area (Å²) < 4.78 is 14.5. The maximum atomic E-state index is 13.0. The van der Waals surface area contributed by atoms with Crippen LogP contribution in [0.1, 0.15) is 11.1 Å². The summed E-state index contributed by atoms with van der Waals surface area (Å²) in [5.74, 6) is -0.452. The molecule has 2 aromatic rings. The zero-order chi connectivity index (χ0) is 12.4. The van der Waals surface area contributed by atoms with Gasteiger partial charge >= 0.3 is 0 Å². The molecule has 0 fully saturated rings. The van der Waals surface area contributed by atoms with E-state index in [0.29, 0.717) is 6.54 Å². The highest BCUT2D eigenvalue weighted by Crippen LogP contribution is 2.16. The average Bonchev–Trinajstić information content (AvgIpc) is 2.27. The standard InChI is InChI=1S/C13H11ClFNO/c1-9-4-5-16(13(17)6-9)8-10-2-3-12(15)11(14)7-10/h2-7H,8H2,1H3. The van der Waals surface area contributed by atoms with Crippen LogP contribution < -0.4 is 5.56 Å². The van der Waals surface area contributed by atoms with E-state index in [1.807, 2.05) is 13.0 Å². The van der Waals surface area contributed by atoms with Crippen molar-refractivity contribution in [2.75, 3.05) is 0 Å². The smallest absolute Gasteiger partial charge is 0.251 e. The molecule has 0 saturated heterocycles. The quantitative estimate of drug-likeness (QED) is 0.804. The third kappa shape index (κ3) is 2.74. The molecule has 2 nitrogen and oxygen atoms in total. The number of pyridine rings is 1. The van der Waals surface area contributed by atoms with Gasteiger partial charge in [0.2, 0.25) is 0 Å². The lowest BCUT2D eigenvalue weighted by molar-refractivity contribution is 0.626. The Bertz CT molecular complexity index is 607. The van der Waals surface area contributed by atoms with Crippen molar-refractivity contribution in [1.29, 1.82) is 0 Å². The second kappa shape index (κ2) is 4.72. The zero-order valence-corrected chi connectivity index (χ0v) is 10.0. The fourth-order valence-electron chi connectivity index (χ4n) is 1.57. The fraction of sp³-hybridized carbons (Fsp3) is 0.154. The minimum atomic E-state index is -0.452. The molecule has 88 valence electrons. The third-order valence-electron chi connectivity index (χ3n) is 2.49. The Morgan fingerprint density at radius 2 is 2.06 bits per heavy atom. The van der Waals surface area contributed by atoms with E-state index in [-0.39, 0.29) is 10.6 Å². The highest BCUT2D eigenvalue weighted by molar-refractivity contribution is 6.30. The maximum Gasteiger partial charge on any atom is 0.251 e. The van der Waals surface area contributed by atoms with E-state index in [0.717, 1.165) is 11.1 Å². The fourth-order valence-corrected chi connectivity index (χ4v) is 1.78. The third-order valence-corrected chi connectivity index (χ3v) is 2.78. The number of hydrogen-bond donors (Lipinski definition) is 0. The molecule has 0 aliphatic carbocycles. The highest BCUT2D eigenvalue weighted by Gasteiger charge is 2.02. The first-order valence-electron chi connectivity index (χ1n) is 5.17. The summed E-state index contributed by atoms with van der Waals surface area (Å²) in [5.41, 5.74) is 1.64. The lowest BCUT2D eigenvalue weighted by Crippen LogP contribution is -2.19. The van der Waals surface area contributed by atoms with E-state index in [9.17, 15) is 9.18 Å². The lowest BCUT2D eigenvalue weighted by Gasteiger charge is -2.06. The van der Waals surface area contributed by atoms with Crippen molar-refractivity contribution in [3.05, 3.63) is 68.8 Å². The summed E-state index contributed by atoms with van der Waals surface area (Å²) in [4.78, 5) is 11.7. The van der Waals surface area contributed by atoms with Crippen molar-refractivity contribution in [3.63, 3.8) is 0 Å². The number of hydrogen-bond acceptors (Lipinski definition) is 1. The molecule has 0 spiro atoms. The number of aryl methyl sites for hydroxylation is 1. The SMILES string of the molecule is Cc1ccn(Cc2ccc(F)c(Cl)c2)c(=O)c1. The first-order chi connectivity index (χ1) is 8.06. The summed E-state index contributed by atoms with van der Waals surface area (Å²) in [7, 11) is 0. The van der Waals surface area contributed by atoms with Gasteiger partial charge in [0.25, 0.3) is 5.56 Å². The van der Waals surface area contributed by atoms with Crippen molar-refractivity contribution in [3.8, 4) is 0 Å². The molecule has 1 aromatic heterocycles. The van der Waals surface area contributed by atoms with Crippen LogP contribution in [0.25, 0.3) is 0 Å². The monoisotopic (exact) mass is 251 g/mol. The summed E-state index contributed by atoms with van der Waals surface area (Å²) in [6.45, 7) is 2.25. The van der Waals surface area contributed by atoms with Crippen molar-refractivity contribution in [1.82, 2.24) is 4.57 Å². The van der Waals surface area contributed by atoms with Crippen LogP contribution in [0.4, 0.5) is 4.39 Å². The normalized spacial score (nSPS) is 10.5. The minimum absolute atomic E-state index is 0.0719. The molecule has 0 atom stereocenters. The van der Waals surface area contributed by atoms with Crippen molar-refractivity contribution in [2.24, 2.45) is 0 Å². The molecule has 17 heavy (non-hydrogen) atoms. The Morgan fingerprint density at radius 3 is 2.71 bits per heavy atom. The van der Waals surface area contributed by atoms with Crippen molar-refractivity contribution >= 4 is 11.6 Å². The molecule has 0 bridgehead atoms. The van der Waals surface area contributed by atoms with Gasteiger partial charge in [-0.15, -0.1) is 0 Å². The summed E-state index contributed by atoms with van der Waals surface area (Å²) >= 11 is 5.68. The van der Waals surface area contributed by atoms with Crippen LogP contribution in [-0.2, 0) is 6.54 Å². The minimum Gasteiger partial charge on any atom is -0.311 e. The van der Waals surface area contributed by atoms with Crippen molar-refractivity contribution in [2.45, 2.75) is 13.5 Å². The first-order valence-corrected chi connectivity index (χ1v) is 5.55. The van der Waals surface area contributed by atoms with Crippen LogP contribution in [0.2, 0.25) is 5.02 Å². The molecule has 0 radical (unpaired) electrons. The van der Waals surface area contributed by atoms with Gasteiger partial charge in [-0.3, -0.25) is 4.79 Å². The van der Waals surface area contributed by atoms with Gasteiger partial charge < -0.3 is 4.57 Å². The average molecular weight is 252 g/mol. The number of aromatic nitrogens is 1. The number of benzene rings is 1. The van der Waals surface area contributed by atoms with Gasteiger partial charge in [-0.2, -0.15) is 0 Å². The van der Waals surface area contributed by atoms with Crippen LogP contribution in [0, 0.1) is 12.7 Å². The van der Waals surface area contributed by atoms with E-state index in [4.69, 9.17) is 11.6 Å². The Balaban J connectivity index is 2.31. The van der Waals surface area contributed by atoms with Gasteiger partial charge in [0.1, 0.15) is 5.82 Å². The van der Waals surface area contributed by atoms with E-state index >= 15 is 0 Å². The van der Waals surface area contributed by atoms with Crippen LogP contribution in [0.3, 0.4) is 0 Å². The van der Waals surface area contributed by atoms with Crippen LogP contribution in [0.5, 0.6) is 0 Å². The molecule has 0 aliphatic heterocycles. The van der Waals surface area contributed by atoms with E-state index in [1.165, 1.54) is 12.1 Å². The molecule has 0 N–H and O–H groups in total. The Kier molecular flexibility index (Phi) is 3.29. The van der Waals surface area contributed by atoms with Crippen LogP contribution in [0.15, 0.2) is 41.3 Å². The Morgan fingerprint density at radius 1 is 1.29 bits per heavy atom. The number of halogens is 2. The molecule has 0 aliphatic rings. The Hall–Kier alpha value is -1.61. The molecule has 0 unspecified atom stereocenters. The molecule has 0 amide bonds. The van der Waals surface area contributed by atoms with E-state index in [1.54, 1.807) is 22.9 Å². The molecule has 4 heteroatoms. The van der Waals surface area contributed by atoms with Crippen molar-refractivity contribution < 1.29 is 4.39 Å². The second-order valence-corrected chi connectivity index (χ2v) is 4.33. The van der Waals surface area contributed by atoms with E-state index < -0.39 is 5.82 Å². The summed E-state index contributed by atoms with van der Waals surface area (Å²) in [6, 6.07) is 7.87. The van der Waals surface area contributed by atoms with Gasteiger partial charge in [-0.05, 0) is 36.2 Å². The van der Waals surface area contributed by atoms with Gasteiger partial charge in [0, 0.05) is 12.3 Å². The summed E-state index contributed by atoms with van der Waals surface area (Å²) in [5, 5.41) is 0.0719. The second-order valence-electron chi connectivity index (χ2n) is 3.92. The molecule has 1 aromatic carbocycles. The molecular weight excluding hydrogens is 241 g/mol. The van der Waals surface area contributed by atoms with Crippen LogP contribution in [-0.4, -0.2) is 4.57 Å². The predicted octanol–water partition coefficient (Wildman–Crippen LogP) is 3.00. The number of rotatable bonds is 2. The van der Waals surface area contributed by atoms with Gasteiger partial charge in [0.15, 0.2) is 0 Å². The summed E-state index contributed by atoms with van der Waals surface area (Å²) in [6.07, 6.45) is 1.72. The van der Waals surface area contributed by atoms with Gasteiger partial charge in [-0.25, -0.2) is 4.39 Å². The van der Waals surface area contributed by atoms with Gasteiger partial charge in [0.05, 0.1) is 11.6 Å². The molecule has 0 saturated carbocycles. The maximum absolute atomic E-state index is 13.0. The first kappa shape index (κ1) is 11.9. The zero-order valence-electron chi connectivity index (χ0n) is 9.28. The Labute approximate surface area is 103 Å². The van der Waals surface area contributed by atoms with E-state index in [2.05, 4.69) is 0 Å². The topological polar surface area (TPSA) is 22.0 Å². The predicted molar refractivity (Wildman–Crippen MR) is 66.0 cm³/mol. The molecule has 2 rings (SSSR count). The van der Waals surface area contributed by atoms with Crippen LogP contribution >= 0.6 is 11.6 Å².